The van der Waals surface area contributed by atoms with Crippen molar-refractivity contribution in [2.75, 3.05) is 6.79 Å². The molecule has 2 amide bonds. The largest absolute Gasteiger partial charge is 0.504 e. The molecule has 2 aromatic carbocycles. The number of rotatable bonds is 9. The number of phenols is 1. The highest BCUT2D eigenvalue weighted by Crippen LogP contribution is 2.33. The minimum Gasteiger partial charge on any atom is -0.504 e. The van der Waals surface area contributed by atoms with E-state index in [1.165, 1.54) is 31.2 Å². The lowest BCUT2D eigenvalue weighted by Gasteiger charge is -2.41. The second kappa shape index (κ2) is 13.6. The van der Waals surface area contributed by atoms with Crippen molar-refractivity contribution in [3.05, 3.63) is 65.2 Å². The van der Waals surface area contributed by atoms with Crippen LogP contribution in [0.4, 0.5) is 0 Å². The van der Waals surface area contributed by atoms with Crippen LogP contribution in [0.1, 0.15) is 18.1 Å². The molecule has 2 heterocycles. The third kappa shape index (κ3) is 6.71. The van der Waals surface area contributed by atoms with Gasteiger partial charge in [0.25, 0.3) is 5.91 Å². The standard InChI is InChI=1S/C29H34N2O13/c1-13(27(38)30-18-19(33)21(35)25-24(20(18)34)40-12-41-25)9-15-7-8-17(16(32)10-15)43-29-23(37)22(36)26(44-29)28(39)31-42-11-14-5-3-2-4-6-14/h2-10,18-26,29,32-37H,11-12H2,1H3,(H,30,38)(H,31,39)/t18-,19+,20-,21-,22+,23+,24+,25-,26+,29-/m1/s1. The van der Waals surface area contributed by atoms with Crippen LogP contribution in [0, 0.1) is 0 Å². The summed E-state index contributed by atoms with van der Waals surface area (Å²) in [4.78, 5) is 30.4. The molecule has 238 valence electrons. The van der Waals surface area contributed by atoms with Crippen LogP contribution in [0.2, 0.25) is 0 Å². The molecule has 44 heavy (non-hydrogen) atoms. The lowest BCUT2D eigenvalue weighted by atomic mass is 9.83. The highest BCUT2D eigenvalue weighted by atomic mass is 16.7. The molecule has 15 heteroatoms. The number of aliphatic hydroxyl groups is 5. The van der Waals surface area contributed by atoms with Crippen LogP contribution >= 0.6 is 0 Å². The molecule has 0 spiro atoms. The average Bonchev–Trinajstić information content (AvgIpc) is 3.61. The number of carbonyl (C=O) groups excluding carboxylic acids is 2. The Kier molecular flexibility index (Phi) is 9.79. The predicted molar refractivity (Wildman–Crippen MR) is 147 cm³/mol. The Balaban J connectivity index is 1.16. The Morgan fingerprint density at radius 3 is 2.34 bits per heavy atom. The maximum absolute atomic E-state index is 12.8. The highest BCUT2D eigenvalue weighted by Gasteiger charge is 2.53. The molecule has 1 saturated carbocycles. The monoisotopic (exact) mass is 618 g/mol. The van der Waals surface area contributed by atoms with Crippen molar-refractivity contribution >= 4 is 17.9 Å². The van der Waals surface area contributed by atoms with Gasteiger partial charge in [-0.25, -0.2) is 5.48 Å². The maximum atomic E-state index is 12.8. The van der Waals surface area contributed by atoms with E-state index in [1.54, 1.807) is 24.3 Å². The van der Waals surface area contributed by atoms with Gasteiger partial charge in [-0.3, -0.25) is 14.4 Å². The molecule has 2 saturated heterocycles. The fraction of sp³-hybridized carbons (Fsp3) is 0.448. The van der Waals surface area contributed by atoms with Crippen LogP contribution in [-0.4, -0.2) is 110 Å². The molecular formula is C29H34N2O13. The molecule has 0 bridgehead atoms. The zero-order valence-corrected chi connectivity index (χ0v) is 23.4. The predicted octanol–water partition coefficient (Wildman–Crippen LogP) is -1.81. The average molecular weight is 619 g/mol. The van der Waals surface area contributed by atoms with Gasteiger partial charge in [-0.1, -0.05) is 36.4 Å². The van der Waals surface area contributed by atoms with Gasteiger partial charge in [-0.15, -0.1) is 0 Å². The topological polar surface area (TPSA) is 226 Å². The molecule has 15 nitrogen and oxygen atoms in total. The third-order valence-electron chi connectivity index (χ3n) is 7.60. The maximum Gasteiger partial charge on any atom is 0.275 e. The number of carbonyl (C=O) groups is 2. The van der Waals surface area contributed by atoms with Crippen LogP contribution < -0.4 is 15.5 Å². The van der Waals surface area contributed by atoms with E-state index in [0.29, 0.717) is 5.56 Å². The summed E-state index contributed by atoms with van der Waals surface area (Å²) >= 11 is 0. The van der Waals surface area contributed by atoms with E-state index in [-0.39, 0.29) is 24.7 Å². The third-order valence-corrected chi connectivity index (χ3v) is 7.60. The van der Waals surface area contributed by atoms with Crippen molar-refractivity contribution in [1.29, 1.82) is 0 Å². The van der Waals surface area contributed by atoms with E-state index in [9.17, 15) is 40.2 Å². The van der Waals surface area contributed by atoms with Crippen molar-refractivity contribution in [1.82, 2.24) is 10.8 Å². The lowest BCUT2D eigenvalue weighted by molar-refractivity contribution is -0.157. The first-order valence-electron chi connectivity index (χ1n) is 13.8. The number of hydrogen-bond donors (Lipinski definition) is 8. The fourth-order valence-electron chi connectivity index (χ4n) is 5.17. The Hall–Kier alpha value is -3.64. The Bertz CT molecular complexity index is 1360. The van der Waals surface area contributed by atoms with Crippen molar-refractivity contribution in [2.24, 2.45) is 0 Å². The SMILES string of the molecule is CC(=Cc1ccc(O[C@@H]2O[C@H](C(=O)NOCc3ccccc3)[C@@H](O)[C@@H]2O)c(O)c1)C(=O)N[C@@H]1[C@H](O)[C@@H](O)[C@H]2OCO[C@H]2[C@@H]1O. The zero-order valence-electron chi connectivity index (χ0n) is 23.4. The van der Waals surface area contributed by atoms with E-state index < -0.39 is 78.7 Å². The Morgan fingerprint density at radius 1 is 0.932 bits per heavy atom. The van der Waals surface area contributed by atoms with Crippen molar-refractivity contribution in [3.8, 4) is 11.5 Å². The summed E-state index contributed by atoms with van der Waals surface area (Å²) in [7, 11) is 0. The van der Waals surface area contributed by atoms with Crippen molar-refractivity contribution < 1.29 is 64.0 Å². The first-order chi connectivity index (χ1) is 21.0. The second-order valence-electron chi connectivity index (χ2n) is 10.7. The number of amides is 2. The van der Waals surface area contributed by atoms with Crippen LogP contribution in [0.25, 0.3) is 6.08 Å². The summed E-state index contributed by atoms with van der Waals surface area (Å²) in [6, 6.07) is 11.9. The van der Waals surface area contributed by atoms with Gasteiger partial charge in [0, 0.05) is 5.57 Å². The van der Waals surface area contributed by atoms with E-state index in [4.69, 9.17) is 23.8 Å². The molecular weight excluding hydrogens is 584 g/mol. The lowest BCUT2D eigenvalue weighted by Crippen LogP contribution is -2.67. The molecule has 1 aliphatic carbocycles. The molecule has 3 aliphatic rings. The number of nitrogens with one attached hydrogen (secondary N) is 2. The van der Waals surface area contributed by atoms with Gasteiger partial charge in [0.15, 0.2) is 17.6 Å². The number of hydrogen-bond acceptors (Lipinski definition) is 13. The molecule has 10 atom stereocenters. The summed E-state index contributed by atoms with van der Waals surface area (Å²) in [6.07, 6.45) is -11.0. The van der Waals surface area contributed by atoms with E-state index in [0.717, 1.165) is 5.56 Å². The molecule has 8 N–H and O–H groups in total. The van der Waals surface area contributed by atoms with Crippen LogP contribution in [-0.2, 0) is 35.2 Å². The molecule has 3 fully saturated rings. The first-order valence-corrected chi connectivity index (χ1v) is 13.8. The van der Waals surface area contributed by atoms with Gasteiger partial charge in [0.05, 0.1) is 12.6 Å². The van der Waals surface area contributed by atoms with Gasteiger partial charge < -0.3 is 54.9 Å². The van der Waals surface area contributed by atoms with Crippen LogP contribution in [0.3, 0.4) is 0 Å². The van der Waals surface area contributed by atoms with Gasteiger partial charge in [-0.2, -0.15) is 0 Å². The number of ether oxygens (including phenoxy) is 4. The number of aliphatic hydroxyl groups excluding tert-OH is 5. The van der Waals surface area contributed by atoms with Gasteiger partial charge in [-0.05, 0) is 36.3 Å². The summed E-state index contributed by atoms with van der Waals surface area (Å²) in [6.45, 7) is 1.36. The summed E-state index contributed by atoms with van der Waals surface area (Å²) in [5.41, 5.74) is 3.46. The minimum atomic E-state index is -1.65. The molecule has 0 aromatic heterocycles. The fourth-order valence-corrected chi connectivity index (χ4v) is 5.17. The zero-order chi connectivity index (χ0) is 31.5. The number of fused-ring (bicyclic) bond motifs is 1. The van der Waals surface area contributed by atoms with Gasteiger partial charge in [0.1, 0.15) is 49.5 Å². The number of benzene rings is 2. The normalized spacial score (nSPS) is 33.5. The Labute approximate surface area is 251 Å². The second-order valence-corrected chi connectivity index (χ2v) is 10.7. The smallest absolute Gasteiger partial charge is 0.275 e. The number of aromatic hydroxyl groups is 1. The summed E-state index contributed by atoms with van der Waals surface area (Å²) < 4.78 is 21.4. The highest BCUT2D eigenvalue weighted by molar-refractivity contribution is 5.97. The quantitative estimate of drug-likeness (QED) is 0.115. The molecule has 2 aromatic rings. The van der Waals surface area contributed by atoms with E-state index in [1.807, 2.05) is 6.07 Å². The van der Waals surface area contributed by atoms with E-state index in [2.05, 4.69) is 10.8 Å². The first kappa shape index (κ1) is 31.8. The van der Waals surface area contributed by atoms with E-state index >= 15 is 0 Å². The van der Waals surface area contributed by atoms with Crippen molar-refractivity contribution in [2.45, 2.75) is 74.7 Å². The van der Waals surface area contributed by atoms with Crippen molar-refractivity contribution in [3.63, 3.8) is 0 Å². The van der Waals surface area contributed by atoms with Gasteiger partial charge in [0.2, 0.25) is 12.2 Å². The molecule has 5 rings (SSSR count). The summed E-state index contributed by atoms with van der Waals surface area (Å²) in [5.74, 6) is -2.05. The molecule has 2 aliphatic heterocycles. The number of phenolic OH excluding ortho intramolecular Hbond substituents is 1. The minimum absolute atomic E-state index is 0.0621. The Morgan fingerprint density at radius 2 is 1.64 bits per heavy atom. The molecule has 0 unspecified atom stereocenters. The summed E-state index contributed by atoms with van der Waals surface area (Å²) in [5, 5.41) is 65.0. The molecule has 0 radical (unpaired) electrons. The van der Waals surface area contributed by atoms with Gasteiger partial charge >= 0.3 is 0 Å². The van der Waals surface area contributed by atoms with Crippen LogP contribution in [0.5, 0.6) is 11.5 Å². The number of hydroxylamine groups is 1. The van der Waals surface area contributed by atoms with Crippen LogP contribution in [0.15, 0.2) is 54.1 Å².